The summed E-state index contributed by atoms with van der Waals surface area (Å²) < 4.78 is 30.1. The minimum atomic E-state index is -3.51. The molecule has 1 saturated heterocycles. The average molecular weight is 309 g/mol. The van der Waals surface area contributed by atoms with Gasteiger partial charge in [0, 0.05) is 45.5 Å². The van der Waals surface area contributed by atoms with Crippen LogP contribution in [0.3, 0.4) is 0 Å². The van der Waals surface area contributed by atoms with Gasteiger partial charge in [0.05, 0.1) is 12.0 Å². The molecule has 0 unspecified atom stereocenters. The highest BCUT2D eigenvalue weighted by Crippen LogP contribution is 2.28. The fraction of sp³-hybridized carbons (Fsp3) is 0.538. The molecule has 2 aromatic rings. The molecule has 21 heavy (non-hydrogen) atoms. The molecule has 1 fully saturated rings. The van der Waals surface area contributed by atoms with Crippen molar-refractivity contribution in [2.75, 3.05) is 13.1 Å². The Hall–Kier alpha value is -1.67. The predicted octanol–water partition coefficient (Wildman–Crippen LogP) is 0.722. The Labute approximate surface area is 124 Å². The largest absolute Gasteiger partial charge is 0.339 e. The third-order valence-electron chi connectivity index (χ3n) is 3.82. The second-order valence-electron chi connectivity index (χ2n) is 5.49. The molecule has 0 aliphatic carbocycles. The van der Waals surface area contributed by atoms with Gasteiger partial charge in [0.2, 0.25) is 0 Å². The minimum absolute atomic E-state index is 0.117. The lowest BCUT2D eigenvalue weighted by Gasteiger charge is -2.30. The van der Waals surface area contributed by atoms with Crippen LogP contribution in [0.5, 0.6) is 0 Å². The van der Waals surface area contributed by atoms with Gasteiger partial charge in [-0.05, 0) is 18.9 Å². The van der Waals surface area contributed by atoms with Crippen LogP contribution < -0.4 is 0 Å². The van der Waals surface area contributed by atoms with Crippen LogP contribution in [0.1, 0.15) is 24.5 Å². The fourth-order valence-electron chi connectivity index (χ4n) is 2.71. The molecule has 0 aromatic carbocycles. The molecule has 0 radical (unpaired) electrons. The molecule has 0 N–H and O–H groups in total. The Balaban J connectivity index is 1.83. The van der Waals surface area contributed by atoms with Gasteiger partial charge in [-0.1, -0.05) is 0 Å². The lowest BCUT2D eigenvalue weighted by molar-refractivity contribution is 0.311. The lowest BCUT2D eigenvalue weighted by Crippen LogP contribution is -2.39. The zero-order valence-electron chi connectivity index (χ0n) is 12.2. The van der Waals surface area contributed by atoms with E-state index in [2.05, 4.69) is 10.1 Å². The van der Waals surface area contributed by atoms with Crippen molar-refractivity contribution >= 4 is 10.0 Å². The monoisotopic (exact) mass is 309 g/mol. The van der Waals surface area contributed by atoms with E-state index in [-0.39, 0.29) is 10.9 Å². The van der Waals surface area contributed by atoms with Crippen LogP contribution in [0.25, 0.3) is 0 Å². The van der Waals surface area contributed by atoms with Crippen LogP contribution >= 0.6 is 0 Å². The highest BCUT2D eigenvalue weighted by molar-refractivity contribution is 7.89. The van der Waals surface area contributed by atoms with Crippen molar-refractivity contribution in [3.05, 3.63) is 30.5 Å². The van der Waals surface area contributed by atoms with Crippen molar-refractivity contribution in [1.82, 2.24) is 23.6 Å². The maximum absolute atomic E-state index is 12.6. The van der Waals surface area contributed by atoms with E-state index in [4.69, 9.17) is 0 Å². The van der Waals surface area contributed by atoms with Gasteiger partial charge < -0.3 is 4.57 Å². The first-order chi connectivity index (χ1) is 9.96. The van der Waals surface area contributed by atoms with Gasteiger partial charge in [-0.2, -0.15) is 9.40 Å². The summed E-state index contributed by atoms with van der Waals surface area (Å²) in [6, 6.07) is 1.96. The molecule has 0 spiro atoms. The number of aromatic nitrogens is 4. The summed E-state index contributed by atoms with van der Waals surface area (Å²) in [7, 11) is 0.124. The van der Waals surface area contributed by atoms with Crippen LogP contribution in [0.15, 0.2) is 29.8 Å². The zero-order chi connectivity index (χ0) is 15.0. The van der Waals surface area contributed by atoms with E-state index in [9.17, 15) is 8.42 Å². The van der Waals surface area contributed by atoms with Crippen LogP contribution in [0, 0.1) is 0 Å². The number of aryl methyl sites for hydroxylation is 2. The van der Waals surface area contributed by atoms with Crippen LogP contribution in [0.4, 0.5) is 0 Å². The third kappa shape index (κ3) is 2.73. The van der Waals surface area contributed by atoms with Crippen molar-refractivity contribution in [3.63, 3.8) is 0 Å². The van der Waals surface area contributed by atoms with E-state index in [1.54, 1.807) is 22.5 Å². The molecule has 0 amide bonds. The van der Waals surface area contributed by atoms with Crippen molar-refractivity contribution in [2.24, 2.45) is 14.1 Å². The Bertz CT molecular complexity index is 733. The van der Waals surface area contributed by atoms with Gasteiger partial charge in [-0.3, -0.25) is 4.68 Å². The van der Waals surface area contributed by atoms with Gasteiger partial charge >= 0.3 is 0 Å². The molecule has 0 bridgehead atoms. The molecule has 114 valence electrons. The molecule has 3 rings (SSSR count). The summed E-state index contributed by atoms with van der Waals surface area (Å²) >= 11 is 0. The SMILES string of the molecule is Cn1cnc(S(=O)(=O)N2CCC[C@H](c3ccn(C)n3)C2)c1. The maximum atomic E-state index is 12.6. The van der Waals surface area contributed by atoms with E-state index in [1.165, 1.54) is 10.6 Å². The molecule has 1 aliphatic rings. The van der Waals surface area contributed by atoms with Gasteiger partial charge in [0.1, 0.15) is 0 Å². The maximum Gasteiger partial charge on any atom is 0.262 e. The number of hydrogen-bond acceptors (Lipinski definition) is 4. The predicted molar refractivity (Wildman–Crippen MR) is 77.1 cm³/mol. The molecule has 0 saturated carbocycles. The second kappa shape index (κ2) is 5.27. The second-order valence-corrected chi connectivity index (χ2v) is 7.38. The molecule has 3 heterocycles. The van der Waals surface area contributed by atoms with Crippen molar-refractivity contribution in [1.29, 1.82) is 0 Å². The highest BCUT2D eigenvalue weighted by atomic mass is 32.2. The standard InChI is InChI=1S/C13H19N5O2S/c1-16-9-13(14-10-16)21(19,20)18-6-3-4-11(8-18)12-5-7-17(2)15-12/h5,7,9-11H,3-4,6,8H2,1-2H3/t11-/m0/s1. The van der Waals surface area contributed by atoms with Crippen LogP contribution in [0.2, 0.25) is 0 Å². The number of rotatable bonds is 3. The Morgan fingerprint density at radius 1 is 1.33 bits per heavy atom. The topological polar surface area (TPSA) is 73.0 Å². The number of sulfonamides is 1. The normalized spacial score (nSPS) is 20.8. The molecule has 7 nitrogen and oxygen atoms in total. The van der Waals surface area contributed by atoms with Gasteiger partial charge in [-0.15, -0.1) is 0 Å². The molecular weight excluding hydrogens is 290 g/mol. The number of nitrogens with zero attached hydrogens (tertiary/aromatic N) is 5. The highest BCUT2D eigenvalue weighted by Gasteiger charge is 2.32. The summed E-state index contributed by atoms with van der Waals surface area (Å²) in [5, 5.41) is 4.52. The van der Waals surface area contributed by atoms with Crippen molar-refractivity contribution < 1.29 is 8.42 Å². The van der Waals surface area contributed by atoms with E-state index in [1.807, 2.05) is 19.3 Å². The first-order valence-electron chi connectivity index (χ1n) is 6.94. The van der Waals surface area contributed by atoms with E-state index in [0.29, 0.717) is 13.1 Å². The Morgan fingerprint density at radius 2 is 2.14 bits per heavy atom. The smallest absolute Gasteiger partial charge is 0.262 e. The third-order valence-corrected chi connectivity index (χ3v) is 5.57. The van der Waals surface area contributed by atoms with E-state index < -0.39 is 10.0 Å². The molecular formula is C13H19N5O2S. The first kappa shape index (κ1) is 14.3. The molecule has 8 heteroatoms. The molecule has 1 aliphatic heterocycles. The van der Waals surface area contributed by atoms with Crippen LogP contribution in [-0.2, 0) is 24.1 Å². The van der Waals surface area contributed by atoms with Crippen LogP contribution in [-0.4, -0.2) is 45.1 Å². The number of imidazole rings is 1. The summed E-state index contributed by atoms with van der Waals surface area (Å²) in [5.74, 6) is 0.151. The lowest BCUT2D eigenvalue weighted by atomic mass is 9.96. The average Bonchev–Trinajstić information content (AvgIpc) is 3.08. The van der Waals surface area contributed by atoms with E-state index >= 15 is 0 Å². The summed E-state index contributed by atoms with van der Waals surface area (Å²) in [6.45, 7) is 1.01. The Morgan fingerprint density at radius 3 is 2.76 bits per heavy atom. The fourth-order valence-corrected chi connectivity index (χ4v) is 4.20. The van der Waals surface area contributed by atoms with E-state index in [0.717, 1.165) is 18.5 Å². The first-order valence-corrected chi connectivity index (χ1v) is 8.38. The summed E-state index contributed by atoms with van der Waals surface area (Å²) in [5.41, 5.74) is 0.957. The van der Waals surface area contributed by atoms with Crippen molar-refractivity contribution in [3.8, 4) is 0 Å². The minimum Gasteiger partial charge on any atom is -0.339 e. The summed E-state index contributed by atoms with van der Waals surface area (Å²) in [6.07, 6.45) is 6.74. The number of hydrogen-bond donors (Lipinski definition) is 0. The zero-order valence-corrected chi connectivity index (χ0v) is 13.0. The number of piperidine rings is 1. The van der Waals surface area contributed by atoms with Crippen molar-refractivity contribution in [2.45, 2.75) is 23.8 Å². The molecule has 1 atom stereocenters. The summed E-state index contributed by atoms with van der Waals surface area (Å²) in [4.78, 5) is 3.98. The molecule has 2 aromatic heterocycles. The van der Waals surface area contributed by atoms with Gasteiger partial charge in [0.25, 0.3) is 10.0 Å². The van der Waals surface area contributed by atoms with Gasteiger partial charge in [-0.25, -0.2) is 13.4 Å². The quantitative estimate of drug-likeness (QED) is 0.837. The Kier molecular flexibility index (Phi) is 3.58. The van der Waals surface area contributed by atoms with Gasteiger partial charge in [0.15, 0.2) is 5.03 Å².